The Bertz CT molecular complexity index is 3250. The van der Waals surface area contributed by atoms with Crippen LogP contribution in [-0.4, -0.2) is 0 Å². The van der Waals surface area contributed by atoms with Gasteiger partial charge >= 0.3 is 0 Å². The third-order valence-electron chi connectivity index (χ3n) is 11.8. The van der Waals surface area contributed by atoms with Gasteiger partial charge in [-0.15, -0.1) is 11.3 Å². The summed E-state index contributed by atoms with van der Waals surface area (Å²) in [5.41, 5.74) is 11.1. The molecule has 55 heavy (non-hydrogen) atoms. The lowest BCUT2D eigenvalue weighted by Crippen LogP contribution is -2.12. The molecule has 0 spiro atoms. The van der Waals surface area contributed by atoms with Crippen molar-refractivity contribution in [1.82, 2.24) is 0 Å². The molecule has 1 aromatic heterocycles. The van der Waals surface area contributed by atoms with Gasteiger partial charge in [-0.25, -0.2) is 0 Å². The molecule has 0 N–H and O–H groups in total. The molecule has 1 aliphatic carbocycles. The maximum Gasteiger partial charge on any atom is 0.0546 e. The zero-order valence-corrected chi connectivity index (χ0v) is 31.5. The van der Waals surface area contributed by atoms with Crippen LogP contribution in [0.5, 0.6) is 0 Å². The number of fused-ring (bicyclic) bond motifs is 12. The van der Waals surface area contributed by atoms with Crippen LogP contribution in [0.15, 0.2) is 164 Å². The predicted molar refractivity (Wildman–Crippen MR) is 242 cm³/mol. The molecule has 0 radical (unpaired) electrons. The highest BCUT2D eigenvalue weighted by Crippen LogP contribution is 2.48. The second-order valence-corrected chi connectivity index (χ2v) is 15.9. The van der Waals surface area contributed by atoms with Gasteiger partial charge in [0, 0.05) is 42.0 Å². The lowest BCUT2D eigenvalue weighted by atomic mass is 9.88. The first-order valence-electron chi connectivity index (χ1n) is 19.2. The fourth-order valence-corrected chi connectivity index (χ4v) is 10.4. The zero-order chi connectivity index (χ0) is 36.6. The zero-order valence-electron chi connectivity index (χ0n) is 30.6. The van der Waals surface area contributed by atoms with Crippen LogP contribution in [0.4, 0.5) is 17.1 Å². The Kier molecular flexibility index (Phi) is 7.30. The topological polar surface area (TPSA) is 3.24 Å². The van der Waals surface area contributed by atoms with Gasteiger partial charge in [0.1, 0.15) is 0 Å². The number of anilines is 3. The average molecular weight is 720 g/mol. The van der Waals surface area contributed by atoms with Crippen molar-refractivity contribution in [2.45, 2.75) is 19.8 Å². The predicted octanol–water partition coefficient (Wildman–Crippen LogP) is 15.7. The molecule has 0 aliphatic heterocycles. The molecule has 0 saturated carbocycles. The summed E-state index contributed by atoms with van der Waals surface area (Å²) in [7, 11) is 0. The van der Waals surface area contributed by atoms with Crippen LogP contribution >= 0.6 is 11.3 Å². The van der Waals surface area contributed by atoms with Crippen LogP contribution in [0.1, 0.15) is 28.7 Å². The van der Waals surface area contributed by atoms with E-state index >= 15 is 0 Å². The summed E-state index contributed by atoms with van der Waals surface area (Å²) in [6.07, 6.45) is 8.83. The molecular formula is C53H37NS. The molecular weight excluding hydrogens is 683 g/mol. The Labute approximate surface area is 324 Å². The molecule has 10 aromatic rings. The van der Waals surface area contributed by atoms with Crippen LogP contribution in [0, 0.1) is 6.92 Å². The van der Waals surface area contributed by atoms with Crippen molar-refractivity contribution in [3.8, 4) is 11.1 Å². The van der Waals surface area contributed by atoms with Crippen molar-refractivity contribution in [3.63, 3.8) is 0 Å². The van der Waals surface area contributed by atoms with E-state index < -0.39 is 0 Å². The van der Waals surface area contributed by atoms with Crippen LogP contribution in [0.3, 0.4) is 0 Å². The van der Waals surface area contributed by atoms with Crippen LogP contribution in [-0.2, 0) is 6.42 Å². The first-order valence-corrected chi connectivity index (χ1v) is 20.0. The number of thiophene rings is 1. The fourth-order valence-electron chi connectivity index (χ4n) is 9.19. The summed E-state index contributed by atoms with van der Waals surface area (Å²) in [5.74, 6) is 0. The van der Waals surface area contributed by atoms with Crippen LogP contribution in [0.25, 0.3) is 86.5 Å². The normalized spacial score (nSPS) is 12.7. The highest BCUT2D eigenvalue weighted by molar-refractivity contribution is 7.26. The lowest BCUT2D eigenvalue weighted by Gasteiger charge is -2.29. The van der Waals surface area contributed by atoms with Crippen LogP contribution < -0.4 is 4.90 Å². The Balaban J connectivity index is 1.17. The number of aryl methyl sites for hydroxylation is 2. The fraction of sp³-hybridized carbons (Fsp3) is 0.0566. The summed E-state index contributed by atoms with van der Waals surface area (Å²) >= 11 is 1.94. The SMILES string of the molecule is C=Cc1cc(N(c2ccc(-c3ccc4sc5c6ccccc6c6c(c5c4c3)CCC=C6)c3ccccc23)c2cc3ccccc3c3ccccc23)ccc1C. The molecule has 0 amide bonds. The molecule has 1 heterocycles. The molecule has 2 heteroatoms. The second-order valence-electron chi connectivity index (χ2n) is 14.8. The Morgan fingerprint density at radius 3 is 2.13 bits per heavy atom. The van der Waals surface area contributed by atoms with E-state index in [4.69, 9.17) is 0 Å². The number of benzene rings is 9. The number of allylic oxidation sites excluding steroid dienone is 1. The minimum Gasteiger partial charge on any atom is -0.309 e. The van der Waals surface area contributed by atoms with Gasteiger partial charge in [0.15, 0.2) is 0 Å². The van der Waals surface area contributed by atoms with Crippen LogP contribution in [0.2, 0.25) is 0 Å². The quantitative estimate of drug-likeness (QED) is 0.160. The minimum absolute atomic E-state index is 1.08. The van der Waals surface area contributed by atoms with Crippen molar-refractivity contribution in [3.05, 3.63) is 187 Å². The van der Waals surface area contributed by atoms with Gasteiger partial charge in [-0.2, -0.15) is 0 Å². The van der Waals surface area contributed by atoms with Gasteiger partial charge in [0.05, 0.1) is 11.4 Å². The molecule has 1 aliphatic rings. The Morgan fingerprint density at radius 1 is 0.600 bits per heavy atom. The largest absolute Gasteiger partial charge is 0.309 e. The van der Waals surface area contributed by atoms with Gasteiger partial charge < -0.3 is 4.90 Å². The number of nitrogens with zero attached hydrogens (tertiary/aromatic N) is 1. The first-order chi connectivity index (χ1) is 27.2. The van der Waals surface area contributed by atoms with E-state index in [9.17, 15) is 0 Å². The minimum atomic E-state index is 1.08. The second kappa shape index (κ2) is 12.6. The Hall–Kier alpha value is -6.48. The summed E-state index contributed by atoms with van der Waals surface area (Å²) in [4.78, 5) is 2.47. The van der Waals surface area contributed by atoms with Crippen molar-refractivity contribution in [2.75, 3.05) is 4.90 Å². The number of rotatable bonds is 5. The number of hydrogen-bond acceptors (Lipinski definition) is 2. The van der Waals surface area contributed by atoms with E-state index in [1.807, 2.05) is 17.4 Å². The maximum absolute atomic E-state index is 4.18. The smallest absolute Gasteiger partial charge is 0.0546 e. The highest BCUT2D eigenvalue weighted by atomic mass is 32.1. The molecule has 9 aromatic carbocycles. The van der Waals surface area contributed by atoms with E-state index in [0.29, 0.717) is 0 Å². The monoisotopic (exact) mass is 719 g/mol. The van der Waals surface area contributed by atoms with Gasteiger partial charge in [0.25, 0.3) is 0 Å². The van der Waals surface area contributed by atoms with Crippen molar-refractivity contribution < 1.29 is 0 Å². The third kappa shape index (κ3) is 4.92. The average Bonchev–Trinajstić information content (AvgIpc) is 3.64. The van der Waals surface area contributed by atoms with E-state index in [1.54, 1.807) is 0 Å². The van der Waals surface area contributed by atoms with E-state index in [-0.39, 0.29) is 0 Å². The lowest BCUT2D eigenvalue weighted by molar-refractivity contribution is 1.00. The standard InChI is InChI=1S/C53H37NS/c1-3-34-30-37(26-24-33(34)2)54(50-32-35-14-4-5-15-38(35)40-16-7-11-21-45(40)50)49-28-27-39(41-17-6-10-20-44(41)49)36-25-29-51-48(31-36)52-46-22-12-8-18-42(46)43-19-9-13-23-47(43)53(52)55-51/h3-11,13-21,23-32H,1,12,22H2,2H3. The Morgan fingerprint density at radius 2 is 1.31 bits per heavy atom. The van der Waals surface area contributed by atoms with Crippen molar-refractivity contribution in [1.29, 1.82) is 0 Å². The maximum atomic E-state index is 4.18. The van der Waals surface area contributed by atoms with Gasteiger partial charge in [0.2, 0.25) is 0 Å². The number of hydrogen-bond donors (Lipinski definition) is 0. The summed E-state index contributed by atoms with van der Waals surface area (Å²) in [6, 6.07) is 56.4. The molecule has 0 unspecified atom stereocenters. The summed E-state index contributed by atoms with van der Waals surface area (Å²) in [5, 5.41) is 12.9. The molecule has 11 rings (SSSR count). The molecule has 1 nitrogen and oxygen atoms in total. The van der Waals surface area contributed by atoms with Gasteiger partial charge in [-0.1, -0.05) is 140 Å². The highest BCUT2D eigenvalue weighted by Gasteiger charge is 2.23. The van der Waals surface area contributed by atoms with E-state index in [2.05, 4.69) is 182 Å². The van der Waals surface area contributed by atoms with Gasteiger partial charge in [-0.05, 0) is 116 Å². The molecule has 0 saturated heterocycles. The molecule has 0 bridgehead atoms. The molecule has 260 valence electrons. The third-order valence-corrected chi connectivity index (χ3v) is 13.0. The first kappa shape index (κ1) is 32.0. The van der Waals surface area contributed by atoms with E-state index in [1.165, 1.54) is 91.1 Å². The van der Waals surface area contributed by atoms with Crippen molar-refractivity contribution >= 4 is 104 Å². The van der Waals surface area contributed by atoms with Crippen molar-refractivity contribution in [2.24, 2.45) is 0 Å². The van der Waals surface area contributed by atoms with E-state index in [0.717, 1.165) is 35.5 Å². The molecule has 0 atom stereocenters. The summed E-state index contributed by atoms with van der Waals surface area (Å²) in [6.45, 7) is 6.33. The molecule has 0 fully saturated rings. The summed E-state index contributed by atoms with van der Waals surface area (Å²) < 4.78 is 2.76. The van der Waals surface area contributed by atoms with Gasteiger partial charge in [-0.3, -0.25) is 0 Å².